The summed E-state index contributed by atoms with van der Waals surface area (Å²) < 4.78 is 0. The number of aliphatic hydroxyl groups excluding tert-OH is 1. The van der Waals surface area contributed by atoms with Gasteiger partial charge in [0.15, 0.2) is 0 Å². The molecule has 4 rings (SSSR count). The van der Waals surface area contributed by atoms with Crippen LogP contribution >= 0.6 is 0 Å². The van der Waals surface area contributed by atoms with Crippen LogP contribution in [0, 0.1) is 46.3 Å². The molecule has 31 heavy (non-hydrogen) atoms. The zero-order valence-electron chi connectivity index (χ0n) is 21.2. The topological polar surface area (TPSA) is 60.7 Å². The van der Waals surface area contributed by atoms with E-state index in [1.165, 1.54) is 25.7 Å². The lowest BCUT2D eigenvalue weighted by Gasteiger charge is -2.63. The first kappa shape index (κ1) is 24.0. The summed E-state index contributed by atoms with van der Waals surface area (Å²) in [6, 6.07) is 0. The van der Waals surface area contributed by atoms with E-state index in [0.29, 0.717) is 35.0 Å². The van der Waals surface area contributed by atoms with Gasteiger partial charge in [-0.05, 0) is 131 Å². The molecule has 10 atom stereocenters. The SMILES string of the molecule is CC[C@]1(O)CC[C@@]2(C)[C@@H](C[C@H](O)[C@@H]3[C@@H]2CC[C@]2(C)[C@@H]([C@H](C)CCC(C)(C)O)CC[C@@H]32)C1. The van der Waals surface area contributed by atoms with Crippen LogP contribution in [0.25, 0.3) is 0 Å². The van der Waals surface area contributed by atoms with E-state index in [9.17, 15) is 15.3 Å². The molecule has 0 aromatic heterocycles. The van der Waals surface area contributed by atoms with Crippen LogP contribution in [0.4, 0.5) is 0 Å². The van der Waals surface area contributed by atoms with Crippen molar-refractivity contribution in [1.29, 1.82) is 0 Å². The monoisotopic (exact) mass is 434 g/mol. The standard InChI is InChI=1S/C28H50O3/c1-7-28(31)15-14-26(5)19(17-28)16-23(29)24-21-9-8-20(18(2)10-12-25(3,4)30)27(21,6)13-11-22(24)26/h18-24,29-31H,7-17H2,1-6H3/t18-,19+,20-,21+,22+,23+,24+,26+,27-,28+/m1/s1. The van der Waals surface area contributed by atoms with E-state index in [2.05, 4.69) is 27.7 Å². The number of hydrogen-bond donors (Lipinski definition) is 3. The van der Waals surface area contributed by atoms with Gasteiger partial charge in [0.05, 0.1) is 17.3 Å². The highest BCUT2D eigenvalue weighted by molar-refractivity contribution is 5.12. The number of aliphatic hydroxyl groups is 3. The van der Waals surface area contributed by atoms with Gasteiger partial charge in [-0.1, -0.05) is 27.7 Å². The predicted molar refractivity (Wildman–Crippen MR) is 127 cm³/mol. The Morgan fingerprint density at radius 3 is 2.32 bits per heavy atom. The van der Waals surface area contributed by atoms with Crippen molar-refractivity contribution in [1.82, 2.24) is 0 Å². The molecule has 0 spiro atoms. The van der Waals surface area contributed by atoms with Crippen LogP contribution in [0.5, 0.6) is 0 Å². The van der Waals surface area contributed by atoms with E-state index in [1.54, 1.807) is 0 Å². The summed E-state index contributed by atoms with van der Waals surface area (Å²) in [6.07, 6.45) is 11.6. The average molecular weight is 435 g/mol. The minimum Gasteiger partial charge on any atom is -0.393 e. The summed E-state index contributed by atoms with van der Waals surface area (Å²) in [5.74, 6) is 3.52. The van der Waals surface area contributed by atoms with Crippen molar-refractivity contribution in [2.24, 2.45) is 46.3 Å². The molecule has 180 valence electrons. The first-order valence-corrected chi connectivity index (χ1v) is 13.5. The molecule has 0 aromatic rings. The first-order valence-electron chi connectivity index (χ1n) is 13.5. The van der Waals surface area contributed by atoms with Crippen molar-refractivity contribution in [3.05, 3.63) is 0 Å². The van der Waals surface area contributed by atoms with Crippen molar-refractivity contribution < 1.29 is 15.3 Å². The van der Waals surface area contributed by atoms with E-state index < -0.39 is 11.2 Å². The molecule has 4 saturated carbocycles. The average Bonchev–Trinajstić information content (AvgIpc) is 3.04. The fraction of sp³-hybridized carbons (Fsp3) is 1.00. The Balaban J connectivity index is 1.53. The van der Waals surface area contributed by atoms with E-state index >= 15 is 0 Å². The Morgan fingerprint density at radius 2 is 1.68 bits per heavy atom. The molecule has 0 heterocycles. The highest BCUT2D eigenvalue weighted by atomic mass is 16.3. The molecular formula is C28H50O3. The van der Waals surface area contributed by atoms with Crippen LogP contribution in [0.2, 0.25) is 0 Å². The van der Waals surface area contributed by atoms with Crippen LogP contribution in [-0.4, -0.2) is 32.6 Å². The second kappa shape index (κ2) is 7.98. The third-order valence-electron chi connectivity index (χ3n) is 11.5. The zero-order valence-corrected chi connectivity index (χ0v) is 21.2. The Morgan fingerprint density at radius 1 is 1.00 bits per heavy atom. The molecule has 0 aromatic carbocycles. The summed E-state index contributed by atoms with van der Waals surface area (Å²) in [4.78, 5) is 0. The normalized spacial score (nSPS) is 51.0. The molecule has 0 saturated heterocycles. The van der Waals surface area contributed by atoms with Crippen molar-refractivity contribution in [2.45, 2.75) is 129 Å². The van der Waals surface area contributed by atoms with Gasteiger partial charge >= 0.3 is 0 Å². The molecule has 4 aliphatic carbocycles. The van der Waals surface area contributed by atoms with Crippen LogP contribution in [0.1, 0.15) is 112 Å². The molecule has 3 N–H and O–H groups in total. The van der Waals surface area contributed by atoms with Gasteiger partial charge in [0, 0.05) is 0 Å². The Labute approximate surface area is 191 Å². The van der Waals surface area contributed by atoms with Crippen LogP contribution in [0.15, 0.2) is 0 Å². The Hall–Kier alpha value is -0.120. The molecule has 0 bridgehead atoms. The van der Waals surface area contributed by atoms with E-state index in [0.717, 1.165) is 50.9 Å². The third-order valence-corrected chi connectivity index (χ3v) is 11.5. The summed E-state index contributed by atoms with van der Waals surface area (Å²) in [5, 5.41) is 32.7. The van der Waals surface area contributed by atoms with Crippen molar-refractivity contribution in [3.8, 4) is 0 Å². The Kier molecular flexibility index (Phi) is 6.18. The minimum atomic E-state index is -0.574. The molecule has 0 aliphatic heterocycles. The molecule has 0 unspecified atom stereocenters. The lowest BCUT2D eigenvalue weighted by molar-refractivity contribution is -0.189. The van der Waals surface area contributed by atoms with Gasteiger partial charge in [0.2, 0.25) is 0 Å². The number of fused-ring (bicyclic) bond motifs is 5. The first-order chi connectivity index (χ1) is 14.3. The molecule has 3 nitrogen and oxygen atoms in total. The summed E-state index contributed by atoms with van der Waals surface area (Å²) in [7, 11) is 0. The van der Waals surface area contributed by atoms with Crippen molar-refractivity contribution >= 4 is 0 Å². The lowest BCUT2D eigenvalue weighted by Crippen LogP contribution is -2.60. The maximum atomic E-state index is 11.5. The number of rotatable bonds is 5. The van der Waals surface area contributed by atoms with E-state index in [-0.39, 0.29) is 11.5 Å². The van der Waals surface area contributed by atoms with Gasteiger partial charge in [-0.3, -0.25) is 0 Å². The van der Waals surface area contributed by atoms with E-state index in [4.69, 9.17) is 0 Å². The van der Waals surface area contributed by atoms with Crippen molar-refractivity contribution in [3.63, 3.8) is 0 Å². The predicted octanol–water partition coefficient (Wildman–Crippen LogP) is 5.94. The molecular weight excluding hydrogens is 384 g/mol. The van der Waals surface area contributed by atoms with E-state index in [1.807, 2.05) is 13.8 Å². The largest absolute Gasteiger partial charge is 0.393 e. The third kappa shape index (κ3) is 4.03. The van der Waals surface area contributed by atoms with Crippen molar-refractivity contribution in [2.75, 3.05) is 0 Å². The second-order valence-corrected chi connectivity index (χ2v) is 13.6. The van der Waals surface area contributed by atoms with Gasteiger partial charge in [0.1, 0.15) is 0 Å². The fourth-order valence-corrected chi connectivity index (χ4v) is 9.37. The van der Waals surface area contributed by atoms with Crippen LogP contribution < -0.4 is 0 Å². The van der Waals surface area contributed by atoms with Gasteiger partial charge < -0.3 is 15.3 Å². The quantitative estimate of drug-likeness (QED) is 0.501. The van der Waals surface area contributed by atoms with Gasteiger partial charge in [-0.25, -0.2) is 0 Å². The molecule has 4 aliphatic rings. The van der Waals surface area contributed by atoms with Crippen LogP contribution in [0.3, 0.4) is 0 Å². The highest BCUT2D eigenvalue weighted by Crippen LogP contribution is 2.69. The van der Waals surface area contributed by atoms with Gasteiger partial charge in [-0.15, -0.1) is 0 Å². The molecule has 4 fully saturated rings. The maximum absolute atomic E-state index is 11.5. The zero-order chi connectivity index (χ0) is 22.8. The highest BCUT2D eigenvalue weighted by Gasteiger charge is 2.63. The summed E-state index contributed by atoms with van der Waals surface area (Å²) >= 11 is 0. The molecule has 0 radical (unpaired) electrons. The Bertz CT molecular complexity index is 655. The van der Waals surface area contributed by atoms with Gasteiger partial charge in [-0.2, -0.15) is 0 Å². The van der Waals surface area contributed by atoms with Crippen LogP contribution in [-0.2, 0) is 0 Å². The minimum absolute atomic E-state index is 0.197. The number of hydrogen-bond acceptors (Lipinski definition) is 3. The fourth-order valence-electron chi connectivity index (χ4n) is 9.37. The summed E-state index contributed by atoms with van der Waals surface area (Å²) in [5.41, 5.74) is -0.454. The lowest BCUT2D eigenvalue weighted by atomic mass is 9.43. The smallest absolute Gasteiger partial charge is 0.0648 e. The summed E-state index contributed by atoms with van der Waals surface area (Å²) in [6.45, 7) is 13.5. The maximum Gasteiger partial charge on any atom is 0.0648 e. The second-order valence-electron chi connectivity index (χ2n) is 13.6. The van der Waals surface area contributed by atoms with Gasteiger partial charge in [0.25, 0.3) is 0 Å². The molecule has 0 amide bonds. The molecule has 3 heteroatoms.